The van der Waals surface area contributed by atoms with Crippen LogP contribution in [0.15, 0.2) is 23.6 Å². The minimum absolute atomic E-state index is 0.0365. The largest absolute Gasteiger partial charge is 0.392 e. The summed E-state index contributed by atoms with van der Waals surface area (Å²) in [6.45, 7) is -0.0365. The number of rotatable bonds is 1. The van der Waals surface area contributed by atoms with Crippen LogP contribution in [0, 0.1) is 5.82 Å². The molecule has 2 aromatic rings. The summed E-state index contributed by atoms with van der Waals surface area (Å²) in [5, 5.41) is 10.9. The van der Waals surface area contributed by atoms with Gasteiger partial charge in [-0.15, -0.1) is 11.3 Å². The third kappa shape index (κ3) is 1.11. The van der Waals surface area contributed by atoms with Gasteiger partial charge in [-0.3, -0.25) is 0 Å². The number of aliphatic hydroxyl groups is 1. The van der Waals surface area contributed by atoms with Crippen molar-refractivity contribution in [2.24, 2.45) is 0 Å². The van der Waals surface area contributed by atoms with Crippen molar-refractivity contribution in [3.05, 3.63) is 35.0 Å². The topological polar surface area (TPSA) is 20.2 Å². The van der Waals surface area contributed by atoms with Crippen molar-refractivity contribution in [3.8, 4) is 0 Å². The maximum absolute atomic E-state index is 13.0. The Morgan fingerprint density at radius 3 is 3.00 bits per heavy atom. The molecule has 0 bridgehead atoms. The SMILES string of the molecule is OCc1ccc2scc(F)c2c1. The van der Waals surface area contributed by atoms with Crippen LogP contribution >= 0.6 is 11.3 Å². The molecular weight excluding hydrogens is 175 g/mol. The maximum atomic E-state index is 13.0. The summed E-state index contributed by atoms with van der Waals surface area (Å²) in [7, 11) is 0. The predicted molar refractivity (Wildman–Crippen MR) is 47.7 cm³/mol. The highest BCUT2D eigenvalue weighted by Crippen LogP contribution is 2.25. The average Bonchev–Trinajstić information content (AvgIpc) is 2.47. The van der Waals surface area contributed by atoms with Crippen molar-refractivity contribution in [1.29, 1.82) is 0 Å². The molecule has 0 saturated carbocycles. The lowest BCUT2D eigenvalue weighted by Crippen LogP contribution is -1.81. The summed E-state index contributed by atoms with van der Waals surface area (Å²) in [6.07, 6.45) is 0. The molecule has 3 heteroatoms. The number of fused-ring (bicyclic) bond motifs is 1. The van der Waals surface area contributed by atoms with Gasteiger partial charge >= 0.3 is 0 Å². The van der Waals surface area contributed by atoms with E-state index in [1.165, 1.54) is 16.7 Å². The molecule has 0 spiro atoms. The molecule has 1 aromatic carbocycles. The van der Waals surface area contributed by atoms with Gasteiger partial charge in [0.05, 0.1) is 6.61 Å². The third-order valence-electron chi connectivity index (χ3n) is 1.77. The predicted octanol–water partition coefficient (Wildman–Crippen LogP) is 2.53. The second-order valence-corrected chi connectivity index (χ2v) is 3.48. The Morgan fingerprint density at radius 2 is 2.25 bits per heavy atom. The Bertz CT molecular complexity index is 408. The van der Waals surface area contributed by atoms with Gasteiger partial charge in [0, 0.05) is 15.5 Å². The van der Waals surface area contributed by atoms with Crippen LogP contribution in [0.5, 0.6) is 0 Å². The van der Waals surface area contributed by atoms with E-state index < -0.39 is 0 Å². The molecule has 0 atom stereocenters. The molecule has 1 nitrogen and oxygen atoms in total. The van der Waals surface area contributed by atoms with Crippen molar-refractivity contribution in [2.45, 2.75) is 6.61 Å². The van der Waals surface area contributed by atoms with Crippen molar-refractivity contribution in [2.75, 3.05) is 0 Å². The molecule has 12 heavy (non-hydrogen) atoms. The summed E-state index contributed by atoms with van der Waals surface area (Å²) < 4.78 is 13.9. The van der Waals surface area contributed by atoms with Crippen LogP contribution in [0.2, 0.25) is 0 Å². The second kappa shape index (κ2) is 2.84. The van der Waals surface area contributed by atoms with Crippen molar-refractivity contribution >= 4 is 21.4 Å². The van der Waals surface area contributed by atoms with Crippen molar-refractivity contribution < 1.29 is 9.50 Å². The summed E-state index contributed by atoms with van der Waals surface area (Å²) in [5.41, 5.74) is 0.750. The van der Waals surface area contributed by atoms with Crippen LogP contribution in [0.1, 0.15) is 5.56 Å². The van der Waals surface area contributed by atoms with E-state index in [2.05, 4.69) is 0 Å². The standard InChI is InChI=1S/C9H7FOS/c10-8-5-12-9-2-1-6(4-11)3-7(8)9/h1-3,5,11H,4H2. The van der Waals surface area contributed by atoms with Crippen LogP contribution in [0.25, 0.3) is 10.1 Å². The lowest BCUT2D eigenvalue weighted by molar-refractivity contribution is 0.282. The molecule has 0 aliphatic heterocycles. The summed E-state index contributed by atoms with van der Waals surface area (Å²) in [6, 6.07) is 5.31. The molecule has 1 N–H and O–H groups in total. The lowest BCUT2D eigenvalue weighted by atomic mass is 10.2. The van der Waals surface area contributed by atoms with Crippen molar-refractivity contribution in [3.63, 3.8) is 0 Å². The molecule has 0 radical (unpaired) electrons. The van der Waals surface area contributed by atoms with E-state index in [0.29, 0.717) is 5.39 Å². The maximum Gasteiger partial charge on any atom is 0.141 e. The van der Waals surface area contributed by atoms with Crippen LogP contribution in [-0.2, 0) is 6.61 Å². The number of benzene rings is 1. The van der Waals surface area contributed by atoms with Crippen LogP contribution in [-0.4, -0.2) is 5.11 Å². The Labute approximate surface area is 73.1 Å². The molecule has 2 rings (SSSR count). The molecular formula is C9H7FOS. The number of hydrogen-bond donors (Lipinski definition) is 1. The van der Waals surface area contributed by atoms with Gasteiger partial charge in [0.1, 0.15) is 5.82 Å². The normalized spacial score (nSPS) is 10.8. The fraction of sp³-hybridized carbons (Fsp3) is 0.111. The zero-order chi connectivity index (χ0) is 8.55. The van der Waals surface area contributed by atoms with E-state index in [-0.39, 0.29) is 12.4 Å². The van der Waals surface area contributed by atoms with Crippen LogP contribution < -0.4 is 0 Å². The number of hydrogen-bond acceptors (Lipinski definition) is 2. The summed E-state index contributed by atoms with van der Waals surface area (Å²) in [4.78, 5) is 0. The molecule has 0 aliphatic rings. The Kier molecular flexibility index (Phi) is 1.83. The van der Waals surface area contributed by atoms with E-state index in [4.69, 9.17) is 5.11 Å². The molecule has 0 aliphatic carbocycles. The van der Waals surface area contributed by atoms with Gasteiger partial charge in [-0.25, -0.2) is 4.39 Å². The molecule has 1 aromatic heterocycles. The zero-order valence-electron chi connectivity index (χ0n) is 6.25. The number of halogens is 1. The van der Waals surface area contributed by atoms with Crippen LogP contribution in [0.3, 0.4) is 0 Å². The molecule has 0 amide bonds. The first kappa shape index (κ1) is 7.71. The molecule has 62 valence electrons. The Balaban J connectivity index is 2.71. The first-order valence-electron chi connectivity index (χ1n) is 3.58. The third-order valence-corrected chi connectivity index (χ3v) is 2.71. The first-order chi connectivity index (χ1) is 5.81. The van der Waals surface area contributed by atoms with E-state index >= 15 is 0 Å². The molecule has 0 fully saturated rings. The lowest BCUT2D eigenvalue weighted by Gasteiger charge is -1.94. The highest BCUT2D eigenvalue weighted by atomic mass is 32.1. The van der Waals surface area contributed by atoms with Gasteiger partial charge in [0.15, 0.2) is 0 Å². The van der Waals surface area contributed by atoms with Gasteiger partial charge in [0.25, 0.3) is 0 Å². The van der Waals surface area contributed by atoms with E-state index in [1.807, 2.05) is 6.07 Å². The van der Waals surface area contributed by atoms with Crippen molar-refractivity contribution in [1.82, 2.24) is 0 Å². The van der Waals surface area contributed by atoms with Gasteiger partial charge in [-0.2, -0.15) is 0 Å². The highest BCUT2D eigenvalue weighted by Gasteiger charge is 2.02. The summed E-state index contributed by atoms with van der Waals surface area (Å²) >= 11 is 1.38. The number of thiophene rings is 1. The fourth-order valence-corrected chi connectivity index (χ4v) is 1.93. The minimum Gasteiger partial charge on any atom is -0.392 e. The number of aliphatic hydroxyl groups excluding tert-OH is 1. The average molecular weight is 182 g/mol. The summed E-state index contributed by atoms with van der Waals surface area (Å²) in [5.74, 6) is -0.203. The van der Waals surface area contributed by atoms with E-state index in [0.717, 1.165) is 10.3 Å². The van der Waals surface area contributed by atoms with E-state index in [9.17, 15) is 4.39 Å². The fourth-order valence-electron chi connectivity index (χ4n) is 1.14. The van der Waals surface area contributed by atoms with Crippen LogP contribution in [0.4, 0.5) is 4.39 Å². The van der Waals surface area contributed by atoms with Gasteiger partial charge in [-0.1, -0.05) is 6.07 Å². The first-order valence-corrected chi connectivity index (χ1v) is 4.45. The quantitative estimate of drug-likeness (QED) is 0.718. The van der Waals surface area contributed by atoms with Gasteiger partial charge < -0.3 is 5.11 Å². The molecule has 0 saturated heterocycles. The minimum atomic E-state index is -0.203. The smallest absolute Gasteiger partial charge is 0.141 e. The van der Waals surface area contributed by atoms with Gasteiger partial charge in [-0.05, 0) is 17.7 Å². The monoisotopic (exact) mass is 182 g/mol. The Hall–Kier alpha value is -0.930. The van der Waals surface area contributed by atoms with Gasteiger partial charge in [0.2, 0.25) is 0 Å². The highest BCUT2D eigenvalue weighted by molar-refractivity contribution is 7.17. The van der Waals surface area contributed by atoms with E-state index in [1.54, 1.807) is 12.1 Å². The second-order valence-electron chi connectivity index (χ2n) is 2.57. The zero-order valence-corrected chi connectivity index (χ0v) is 7.07. The Morgan fingerprint density at radius 1 is 1.42 bits per heavy atom. The molecule has 1 heterocycles. The molecule has 0 unspecified atom stereocenters.